The molecule has 0 aliphatic heterocycles. The maximum Gasteiger partial charge on any atom is 0.341 e. The van der Waals surface area contributed by atoms with E-state index in [1.54, 1.807) is 30.3 Å². The maximum atomic E-state index is 12.6. The number of hydrogen-bond acceptors (Lipinski definition) is 6. The molecule has 9 heteroatoms. The summed E-state index contributed by atoms with van der Waals surface area (Å²) in [6.45, 7) is 5.27. The van der Waals surface area contributed by atoms with E-state index < -0.39 is 27.9 Å². The Morgan fingerprint density at radius 1 is 1.03 bits per heavy atom. The molecule has 1 atom stereocenters. The molecule has 30 heavy (non-hydrogen) atoms. The van der Waals surface area contributed by atoms with Crippen molar-refractivity contribution in [3.05, 3.63) is 58.7 Å². The molecule has 0 aromatic heterocycles. The van der Waals surface area contributed by atoms with Crippen molar-refractivity contribution in [2.75, 3.05) is 14.2 Å². The van der Waals surface area contributed by atoms with E-state index in [0.29, 0.717) is 11.3 Å². The van der Waals surface area contributed by atoms with Gasteiger partial charge in [0.1, 0.15) is 11.3 Å². The van der Waals surface area contributed by atoms with Gasteiger partial charge in [0.15, 0.2) is 0 Å². The van der Waals surface area contributed by atoms with Crippen LogP contribution in [-0.2, 0) is 26.1 Å². The molecule has 0 heterocycles. The highest BCUT2D eigenvalue weighted by Crippen LogP contribution is 2.21. The molecule has 0 saturated heterocycles. The third kappa shape index (κ3) is 5.58. The van der Waals surface area contributed by atoms with E-state index in [-0.39, 0.29) is 17.0 Å². The third-order valence-corrected chi connectivity index (χ3v) is 6.19. The molecule has 0 saturated carbocycles. The van der Waals surface area contributed by atoms with Crippen LogP contribution >= 0.6 is 0 Å². The van der Waals surface area contributed by atoms with E-state index in [9.17, 15) is 18.0 Å². The number of rotatable bonds is 8. The summed E-state index contributed by atoms with van der Waals surface area (Å²) in [6.07, 6.45) is 0. The Labute approximate surface area is 176 Å². The molecule has 0 aliphatic carbocycles. The van der Waals surface area contributed by atoms with Crippen molar-refractivity contribution in [1.29, 1.82) is 0 Å². The van der Waals surface area contributed by atoms with E-state index in [4.69, 9.17) is 9.47 Å². The number of amides is 1. The molecule has 0 fully saturated rings. The lowest BCUT2D eigenvalue weighted by Crippen LogP contribution is -2.44. The Hall–Kier alpha value is -2.91. The molecule has 0 unspecified atom stereocenters. The Balaban J connectivity index is 2.05. The largest absolute Gasteiger partial charge is 0.496 e. The van der Waals surface area contributed by atoms with Crippen molar-refractivity contribution in [2.24, 2.45) is 0 Å². The Bertz CT molecular complexity index is 1050. The summed E-state index contributed by atoms with van der Waals surface area (Å²) in [6, 6.07) is 8.63. The lowest BCUT2D eigenvalue weighted by atomic mass is 10.1. The third-order valence-electron chi connectivity index (χ3n) is 4.65. The van der Waals surface area contributed by atoms with Gasteiger partial charge in [0.05, 0.1) is 25.2 Å². The van der Waals surface area contributed by atoms with Crippen LogP contribution in [0.3, 0.4) is 0 Å². The normalized spacial score (nSPS) is 12.2. The van der Waals surface area contributed by atoms with Crippen LogP contribution in [-0.4, -0.2) is 40.6 Å². The van der Waals surface area contributed by atoms with Crippen molar-refractivity contribution in [1.82, 2.24) is 10.0 Å². The van der Waals surface area contributed by atoms with E-state index >= 15 is 0 Å². The van der Waals surface area contributed by atoms with Crippen molar-refractivity contribution in [2.45, 2.75) is 38.3 Å². The van der Waals surface area contributed by atoms with Gasteiger partial charge in [0.2, 0.25) is 15.9 Å². The molecular weight excluding hydrogens is 408 g/mol. The van der Waals surface area contributed by atoms with Gasteiger partial charge in [0, 0.05) is 6.54 Å². The second-order valence-electron chi connectivity index (χ2n) is 6.83. The fourth-order valence-corrected chi connectivity index (χ4v) is 4.00. The maximum absolute atomic E-state index is 12.6. The van der Waals surface area contributed by atoms with Gasteiger partial charge in [-0.3, -0.25) is 4.79 Å². The van der Waals surface area contributed by atoms with Crippen LogP contribution in [0.4, 0.5) is 0 Å². The molecule has 2 aromatic carbocycles. The van der Waals surface area contributed by atoms with Crippen LogP contribution in [0.25, 0.3) is 0 Å². The van der Waals surface area contributed by atoms with Crippen molar-refractivity contribution in [3.63, 3.8) is 0 Å². The molecule has 162 valence electrons. The van der Waals surface area contributed by atoms with E-state index in [1.807, 2.05) is 13.8 Å². The number of carbonyl (C=O) groups excluding carboxylic acids is 2. The molecule has 8 nitrogen and oxygen atoms in total. The summed E-state index contributed by atoms with van der Waals surface area (Å²) in [4.78, 5) is 24.4. The van der Waals surface area contributed by atoms with Crippen molar-refractivity contribution >= 4 is 21.9 Å². The summed E-state index contributed by atoms with van der Waals surface area (Å²) in [5.74, 6) is -0.709. The number of ether oxygens (including phenoxy) is 2. The number of hydrogen-bond donors (Lipinski definition) is 2. The van der Waals surface area contributed by atoms with Crippen LogP contribution in [0.5, 0.6) is 5.75 Å². The minimum absolute atomic E-state index is 0.0997. The highest BCUT2D eigenvalue weighted by Gasteiger charge is 2.22. The Morgan fingerprint density at radius 2 is 1.73 bits per heavy atom. The molecule has 0 radical (unpaired) electrons. The predicted octanol–water partition coefficient (Wildman–Crippen LogP) is 2.08. The van der Waals surface area contributed by atoms with E-state index in [1.165, 1.54) is 27.2 Å². The monoisotopic (exact) mass is 434 g/mol. The van der Waals surface area contributed by atoms with Crippen LogP contribution in [0.15, 0.2) is 41.3 Å². The average molecular weight is 435 g/mol. The van der Waals surface area contributed by atoms with Gasteiger partial charge < -0.3 is 14.8 Å². The topological polar surface area (TPSA) is 111 Å². The smallest absolute Gasteiger partial charge is 0.341 e. The SMILES string of the molecule is COC(=O)c1cc(CNC(=O)[C@@H](C)NS(=O)(=O)c2ccc(C)c(C)c2)ccc1OC. The number of benzene rings is 2. The molecule has 0 aliphatic rings. The van der Waals surface area contributed by atoms with Gasteiger partial charge in [-0.2, -0.15) is 4.72 Å². The fourth-order valence-electron chi connectivity index (χ4n) is 2.71. The molecular formula is C21H26N2O6S. The second kappa shape index (κ2) is 9.73. The summed E-state index contributed by atoms with van der Waals surface area (Å²) in [5, 5.41) is 2.66. The zero-order valence-corrected chi connectivity index (χ0v) is 18.4. The second-order valence-corrected chi connectivity index (χ2v) is 8.55. The van der Waals surface area contributed by atoms with Gasteiger partial charge in [-0.1, -0.05) is 12.1 Å². The standard InChI is InChI=1S/C21H26N2O6S/c1-13-6-8-17(10-14(13)2)30(26,27)23-15(3)20(24)22-12-16-7-9-19(28-4)18(11-16)21(25)29-5/h6-11,15,23H,12H2,1-5H3,(H,22,24)/t15-/m1/s1. The zero-order chi connectivity index (χ0) is 22.5. The lowest BCUT2D eigenvalue weighted by Gasteiger charge is -2.15. The fraction of sp³-hybridized carbons (Fsp3) is 0.333. The highest BCUT2D eigenvalue weighted by molar-refractivity contribution is 7.89. The van der Waals surface area contributed by atoms with Crippen LogP contribution < -0.4 is 14.8 Å². The molecule has 2 rings (SSSR count). The number of methoxy groups -OCH3 is 2. The van der Waals surface area contributed by atoms with Gasteiger partial charge in [0.25, 0.3) is 0 Å². The van der Waals surface area contributed by atoms with Crippen LogP contribution in [0.2, 0.25) is 0 Å². The predicted molar refractivity (Wildman–Crippen MR) is 112 cm³/mol. The average Bonchev–Trinajstić information content (AvgIpc) is 2.72. The summed E-state index contributed by atoms with van der Waals surface area (Å²) < 4.78 is 37.3. The first-order valence-corrected chi connectivity index (χ1v) is 10.7. The molecule has 0 spiro atoms. The quantitative estimate of drug-likeness (QED) is 0.616. The zero-order valence-electron chi connectivity index (χ0n) is 17.6. The molecule has 2 aromatic rings. The number of aryl methyl sites for hydroxylation is 2. The Morgan fingerprint density at radius 3 is 2.33 bits per heavy atom. The number of sulfonamides is 1. The molecule has 1 amide bonds. The van der Waals surface area contributed by atoms with Gasteiger partial charge in [-0.25, -0.2) is 13.2 Å². The Kier molecular flexibility index (Phi) is 7.58. The number of carbonyl (C=O) groups is 2. The number of esters is 1. The summed E-state index contributed by atoms with van der Waals surface area (Å²) in [5.41, 5.74) is 2.69. The minimum Gasteiger partial charge on any atom is -0.496 e. The molecule has 2 N–H and O–H groups in total. The first kappa shape index (κ1) is 23.4. The van der Waals surface area contributed by atoms with Crippen LogP contribution in [0, 0.1) is 13.8 Å². The first-order chi connectivity index (χ1) is 14.1. The van der Waals surface area contributed by atoms with Gasteiger partial charge in [-0.05, 0) is 61.7 Å². The van der Waals surface area contributed by atoms with E-state index in [0.717, 1.165) is 11.1 Å². The summed E-state index contributed by atoms with van der Waals surface area (Å²) in [7, 11) is -1.15. The molecule has 0 bridgehead atoms. The summed E-state index contributed by atoms with van der Waals surface area (Å²) >= 11 is 0. The minimum atomic E-state index is -3.85. The van der Waals surface area contributed by atoms with Crippen molar-refractivity contribution < 1.29 is 27.5 Å². The highest BCUT2D eigenvalue weighted by atomic mass is 32.2. The van der Waals surface area contributed by atoms with Crippen LogP contribution in [0.1, 0.15) is 34.0 Å². The number of nitrogens with one attached hydrogen (secondary N) is 2. The van der Waals surface area contributed by atoms with E-state index in [2.05, 4.69) is 10.0 Å². The van der Waals surface area contributed by atoms with Gasteiger partial charge >= 0.3 is 5.97 Å². The lowest BCUT2D eigenvalue weighted by molar-refractivity contribution is -0.122. The van der Waals surface area contributed by atoms with Crippen molar-refractivity contribution in [3.8, 4) is 5.75 Å². The first-order valence-electron chi connectivity index (χ1n) is 9.21. The van der Waals surface area contributed by atoms with Gasteiger partial charge in [-0.15, -0.1) is 0 Å².